The topological polar surface area (TPSA) is 78.4 Å². The van der Waals surface area contributed by atoms with Crippen LogP contribution >= 0.6 is 11.6 Å². The summed E-state index contributed by atoms with van der Waals surface area (Å²) in [6.07, 6.45) is 1.56. The first-order valence-electron chi connectivity index (χ1n) is 8.39. The highest BCUT2D eigenvalue weighted by molar-refractivity contribution is 6.31. The van der Waals surface area contributed by atoms with Crippen LogP contribution in [0.25, 0.3) is 0 Å². The second-order valence-corrected chi connectivity index (χ2v) is 6.42. The van der Waals surface area contributed by atoms with E-state index in [1.807, 2.05) is 24.3 Å². The fraction of sp³-hybridized carbons (Fsp3) is 0.333. The Bertz CT molecular complexity index is 806. The Balaban J connectivity index is 1.63. The zero-order chi connectivity index (χ0) is 18.5. The van der Waals surface area contributed by atoms with Crippen molar-refractivity contribution >= 4 is 29.4 Å². The highest BCUT2D eigenvalue weighted by atomic mass is 35.5. The van der Waals surface area contributed by atoms with Gasteiger partial charge in [-0.15, -0.1) is 0 Å². The SMILES string of the molecule is CC(=O)N1CCN(C(=O)c2ccnc(NCc3ccccc3Cl)n2)CC1. The number of piperazine rings is 1. The molecule has 2 aromatic rings. The average molecular weight is 374 g/mol. The molecule has 0 aliphatic carbocycles. The average Bonchev–Trinajstić information content (AvgIpc) is 2.67. The molecule has 0 spiro atoms. The predicted octanol–water partition coefficient (Wildman–Crippen LogP) is 2.05. The highest BCUT2D eigenvalue weighted by Crippen LogP contribution is 2.16. The lowest BCUT2D eigenvalue weighted by Gasteiger charge is -2.34. The molecule has 1 fully saturated rings. The van der Waals surface area contributed by atoms with Gasteiger partial charge >= 0.3 is 0 Å². The van der Waals surface area contributed by atoms with Crippen molar-refractivity contribution in [3.63, 3.8) is 0 Å². The van der Waals surface area contributed by atoms with Crippen molar-refractivity contribution in [3.05, 3.63) is 52.8 Å². The summed E-state index contributed by atoms with van der Waals surface area (Å²) in [5.74, 6) is 0.250. The lowest BCUT2D eigenvalue weighted by molar-refractivity contribution is -0.130. The fourth-order valence-corrected chi connectivity index (χ4v) is 2.97. The van der Waals surface area contributed by atoms with E-state index in [1.54, 1.807) is 29.0 Å². The molecular formula is C18H20ClN5O2. The molecule has 2 amide bonds. The van der Waals surface area contributed by atoms with Crippen LogP contribution in [0.15, 0.2) is 36.5 Å². The second kappa shape index (κ2) is 8.14. The Labute approximate surface area is 157 Å². The van der Waals surface area contributed by atoms with Crippen molar-refractivity contribution in [2.24, 2.45) is 0 Å². The molecule has 1 saturated heterocycles. The van der Waals surface area contributed by atoms with Gasteiger partial charge in [0.2, 0.25) is 11.9 Å². The molecule has 1 aromatic heterocycles. The first kappa shape index (κ1) is 18.1. The Morgan fingerprint density at radius 3 is 2.50 bits per heavy atom. The predicted molar refractivity (Wildman–Crippen MR) is 99.0 cm³/mol. The van der Waals surface area contributed by atoms with E-state index in [0.29, 0.717) is 49.4 Å². The fourth-order valence-electron chi connectivity index (χ4n) is 2.77. The number of nitrogens with zero attached hydrogens (tertiary/aromatic N) is 4. The summed E-state index contributed by atoms with van der Waals surface area (Å²) in [6.45, 7) is 4.11. The van der Waals surface area contributed by atoms with Crippen molar-refractivity contribution in [3.8, 4) is 0 Å². The summed E-state index contributed by atoms with van der Waals surface area (Å²) < 4.78 is 0. The maximum atomic E-state index is 12.6. The van der Waals surface area contributed by atoms with E-state index in [1.165, 1.54) is 0 Å². The number of hydrogen-bond donors (Lipinski definition) is 1. The molecule has 7 nitrogen and oxygen atoms in total. The summed E-state index contributed by atoms with van der Waals surface area (Å²) in [5.41, 5.74) is 1.26. The molecule has 136 valence electrons. The standard InChI is InChI=1S/C18H20ClN5O2/c1-13(25)23-8-10-24(11-9-23)17(26)16-6-7-20-18(22-16)21-12-14-4-2-3-5-15(14)19/h2-7H,8-12H2,1H3,(H,20,21,22). The number of nitrogens with one attached hydrogen (secondary N) is 1. The van der Waals surface area contributed by atoms with Gasteiger partial charge in [-0.1, -0.05) is 29.8 Å². The van der Waals surface area contributed by atoms with E-state index >= 15 is 0 Å². The van der Waals surface area contributed by atoms with Crippen LogP contribution in [0, 0.1) is 0 Å². The zero-order valence-electron chi connectivity index (χ0n) is 14.5. The Morgan fingerprint density at radius 2 is 1.81 bits per heavy atom. The van der Waals surface area contributed by atoms with Gasteiger partial charge < -0.3 is 15.1 Å². The molecule has 0 unspecified atom stereocenters. The van der Waals surface area contributed by atoms with E-state index < -0.39 is 0 Å². The minimum absolute atomic E-state index is 0.0326. The summed E-state index contributed by atoms with van der Waals surface area (Å²) >= 11 is 6.14. The first-order valence-corrected chi connectivity index (χ1v) is 8.77. The molecule has 1 aliphatic rings. The van der Waals surface area contributed by atoms with Crippen LogP contribution in [0.1, 0.15) is 23.0 Å². The smallest absolute Gasteiger partial charge is 0.272 e. The molecule has 0 bridgehead atoms. The van der Waals surface area contributed by atoms with Crippen molar-refractivity contribution in [2.75, 3.05) is 31.5 Å². The molecule has 8 heteroatoms. The molecule has 0 atom stereocenters. The minimum atomic E-state index is -0.156. The molecule has 1 aliphatic heterocycles. The lowest BCUT2D eigenvalue weighted by Crippen LogP contribution is -2.50. The normalized spacial score (nSPS) is 14.2. The van der Waals surface area contributed by atoms with Gasteiger partial charge in [-0.3, -0.25) is 9.59 Å². The number of aromatic nitrogens is 2. The molecule has 2 heterocycles. The number of hydrogen-bond acceptors (Lipinski definition) is 5. The number of rotatable bonds is 4. The van der Waals surface area contributed by atoms with Crippen molar-refractivity contribution in [2.45, 2.75) is 13.5 Å². The van der Waals surface area contributed by atoms with Crippen LogP contribution in [0.4, 0.5) is 5.95 Å². The molecule has 3 rings (SSSR count). The van der Waals surface area contributed by atoms with Crippen molar-refractivity contribution in [1.29, 1.82) is 0 Å². The third-order valence-corrected chi connectivity index (χ3v) is 4.65. The van der Waals surface area contributed by atoms with Gasteiger partial charge in [0.1, 0.15) is 5.69 Å². The Kier molecular flexibility index (Phi) is 5.68. The number of halogens is 1. The van der Waals surface area contributed by atoms with Gasteiger partial charge in [-0.05, 0) is 17.7 Å². The van der Waals surface area contributed by atoms with Crippen molar-refractivity contribution < 1.29 is 9.59 Å². The number of carbonyl (C=O) groups excluding carboxylic acids is 2. The van der Waals surface area contributed by atoms with Gasteiger partial charge in [-0.25, -0.2) is 9.97 Å². The third-order valence-electron chi connectivity index (χ3n) is 4.28. The van der Waals surface area contributed by atoms with Gasteiger partial charge in [0.05, 0.1) is 0 Å². The van der Waals surface area contributed by atoms with E-state index in [4.69, 9.17) is 11.6 Å². The van der Waals surface area contributed by atoms with Crippen LogP contribution in [-0.4, -0.2) is 57.8 Å². The monoisotopic (exact) mass is 373 g/mol. The third kappa shape index (κ3) is 4.29. The van der Waals surface area contributed by atoms with Gasteiger partial charge in [0.25, 0.3) is 5.91 Å². The van der Waals surface area contributed by atoms with Gasteiger partial charge in [0.15, 0.2) is 0 Å². The quantitative estimate of drug-likeness (QED) is 0.887. The Hall–Kier alpha value is -2.67. The number of anilines is 1. The van der Waals surface area contributed by atoms with Crippen LogP contribution in [0.2, 0.25) is 5.02 Å². The molecule has 1 aromatic carbocycles. The maximum absolute atomic E-state index is 12.6. The zero-order valence-corrected chi connectivity index (χ0v) is 15.2. The molecule has 0 radical (unpaired) electrons. The summed E-state index contributed by atoms with van der Waals surface area (Å²) in [5, 5.41) is 3.75. The van der Waals surface area contributed by atoms with Crippen molar-refractivity contribution in [1.82, 2.24) is 19.8 Å². The largest absolute Gasteiger partial charge is 0.350 e. The van der Waals surface area contributed by atoms with E-state index in [-0.39, 0.29) is 11.8 Å². The number of benzene rings is 1. The van der Waals surface area contributed by atoms with E-state index in [9.17, 15) is 9.59 Å². The summed E-state index contributed by atoms with van der Waals surface area (Å²) in [6, 6.07) is 9.11. The first-order chi connectivity index (χ1) is 12.5. The van der Waals surface area contributed by atoms with Gasteiger partial charge in [0, 0.05) is 50.9 Å². The van der Waals surface area contributed by atoms with Crippen LogP contribution in [0.3, 0.4) is 0 Å². The molecular weight excluding hydrogens is 354 g/mol. The number of amides is 2. The van der Waals surface area contributed by atoms with Crippen LogP contribution in [-0.2, 0) is 11.3 Å². The van der Waals surface area contributed by atoms with Crippen LogP contribution in [0.5, 0.6) is 0 Å². The highest BCUT2D eigenvalue weighted by Gasteiger charge is 2.24. The Morgan fingerprint density at radius 1 is 1.12 bits per heavy atom. The minimum Gasteiger partial charge on any atom is -0.350 e. The molecule has 1 N–H and O–H groups in total. The number of carbonyl (C=O) groups is 2. The van der Waals surface area contributed by atoms with E-state index in [2.05, 4.69) is 15.3 Å². The molecule has 0 saturated carbocycles. The van der Waals surface area contributed by atoms with E-state index in [0.717, 1.165) is 5.56 Å². The molecule has 26 heavy (non-hydrogen) atoms. The summed E-state index contributed by atoms with van der Waals surface area (Å²) in [4.78, 5) is 35.9. The second-order valence-electron chi connectivity index (χ2n) is 6.01. The maximum Gasteiger partial charge on any atom is 0.272 e. The van der Waals surface area contributed by atoms with Crippen LogP contribution < -0.4 is 5.32 Å². The lowest BCUT2D eigenvalue weighted by atomic mass is 10.2. The van der Waals surface area contributed by atoms with Gasteiger partial charge in [-0.2, -0.15) is 0 Å². The summed E-state index contributed by atoms with van der Waals surface area (Å²) in [7, 11) is 0.